The lowest BCUT2D eigenvalue weighted by Gasteiger charge is -2.34. The molecule has 0 aliphatic carbocycles. The van der Waals surface area contributed by atoms with Crippen molar-refractivity contribution >= 4 is 22.5 Å². The predicted octanol–water partition coefficient (Wildman–Crippen LogP) is 4.14. The Balaban J connectivity index is 1.73. The van der Waals surface area contributed by atoms with E-state index in [1.54, 1.807) is 4.90 Å². The van der Waals surface area contributed by atoms with Gasteiger partial charge in [0.15, 0.2) is 5.01 Å². The van der Waals surface area contributed by atoms with E-state index in [0.29, 0.717) is 17.9 Å². The highest BCUT2D eigenvalue weighted by Crippen LogP contribution is 2.33. The molecule has 3 heterocycles. The van der Waals surface area contributed by atoms with E-state index < -0.39 is 11.4 Å². The van der Waals surface area contributed by atoms with Crippen molar-refractivity contribution in [3.63, 3.8) is 0 Å². The Labute approximate surface area is 135 Å². The smallest absolute Gasteiger partial charge is 0.324 e. The van der Waals surface area contributed by atoms with Gasteiger partial charge >= 0.3 is 6.03 Å². The molecule has 1 N–H and O–H groups in total. The van der Waals surface area contributed by atoms with Crippen molar-refractivity contribution in [2.75, 3.05) is 11.9 Å². The summed E-state index contributed by atoms with van der Waals surface area (Å²) in [4.78, 5) is 14.1. The van der Waals surface area contributed by atoms with Gasteiger partial charge in [-0.2, -0.15) is 0 Å². The van der Waals surface area contributed by atoms with Crippen LogP contribution in [0, 0.1) is 6.92 Å². The number of piperidine rings is 1. The minimum absolute atomic E-state index is 0.0743. The van der Waals surface area contributed by atoms with Crippen LogP contribution in [0.3, 0.4) is 0 Å². The molecule has 0 saturated carbocycles. The number of rotatable bonds is 3. The summed E-state index contributed by atoms with van der Waals surface area (Å²) in [5.74, 6) is 1.53. The number of likely N-dealkylation sites (tertiary alicyclic amines) is 1. The summed E-state index contributed by atoms with van der Waals surface area (Å²) in [6, 6.07) is 3.20. The molecule has 1 fully saturated rings. The Morgan fingerprint density at radius 3 is 2.91 bits per heavy atom. The molecule has 3 rings (SSSR count). The number of halogens is 2. The maximum absolute atomic E-state index is 12.5. The van der Waals surface area contributed by atoms with Gasteiger partial charge in [0.1, 0.15) is 11.5 Å². The number of amides is 2. The number of carbonyl (C=O) groups excluding carboxylic acids is 1. The number of furan rings is 1. The highest BCUT2D eigenvalue weighted by molar-refractivity contribution is 7.15. The van der Waals surface area contributed by atoms with Gasteiger partial charge < -0.3 is 9.32 Å². The van der Waals surface area contributed by atoms with Gasteiger partial charge in [0.2, 0.25) is 5.13 Å². The molecule has 6 nitrogen and oxygen atoms in total. The topological polar surface area (TPSA) is 71.3 Å². The minimum Gasteiger partial charge on any atom is -0.464 e. The zero-order valence-corrected chi connectivity index (χ0v) is 13.3. The summed E-state index contributed by atoms with van der Waals surface area (Å²) in [5.41, 5.74) is 0. The molecule has 1 saturated heterocycles. The van der Waals surface area contributed by atoms with Gasteiger partial charge in [-0.05, 0) is 38.3 Å². The molecular weight excluding hydrogens is 326 g/mol. The van der Waals surface area contributed by atoms with Gasteiger partial charge in [0, 0.05) is 6.54 Å². The van der Waals surface area contributed by atoms with E-state index >= 15 is 0 Å². The highest BCUT2D eigenvalue weighted by atomic mass is 32.1. The standard InChI is InChI=1S/C14H16F2N4O2S/c1-8-5-6-10(22-8)9-4-2-3-7-20(9)14(21)17-13-19-18-12(23-13)11(15)16/h5-6,9,11H,2-4,7H2,1H3,(H,17,19,21)/t9-/m0/s1. The second kappa shape index (κ2) is 6.61. The molecule has 1 aliphatic rings. The van der Waals surface area contributed by atoms with Gasteiger partial charge in [0.05, 0.1) is 6.04 Å². The normalized spacial score (nSPS) is 18.4. The van der Waals surface area contributed by atoms with Crippen molar-refractivity contribution in [3.8, 4) is 0 Å². The lowest BCUT2D eigenvalue weighted by atomic mass is 10.0. The number of nitrogens with zero attached hydrogens (tertiary/aromatic N) is 3. The third kappa shape index (κ3) is 3.49. The molecule has 0 radical (unpaired) electrons. The monoisotopic (exact) mass is 342 g/mol. The summed E-state index contributed by atoms with van der Waals surface area (Å²) in [7, 11) is 0. The van der Waals surface area contributed by atoms with Crippen LogP contribution in [-0.4, -0.2) is 27.7 Å². The fraction of sp³-hybridized carbons (Fsp3) is 0.500. The molecule has 1 atom stereocenters. The Hall–Kier alpha value is -2.03. The Morgan fingerprint density at radius 1 is 1.43 bits per heavy atom. The molecular formula is C14H16F2N4O2S. The SMILES string of the molecule is Cc1ccc([C@@H]2CCCCN2C(=O)Nc2nnc(C(F)F)s2)o1. The first kappa shape index (κ1) is 15.9. The van der Waals surface area contributed by atoms with Gasteiger partial charge in [0.25, 0.3) is 6.43 Å². The summed E-state index contributed by atoms with van der Waals surface area (Å²) in [5, 5.41) is 9.16. The van der Waals surface area contributed by atoms with Crippen molar-refractivity contribution < 1.29 is 18.0 Å². The second-order valence-corrected chi connectivity index (χ2v) is 6.34. The van der Waals surface area contributed by atoms with Crippen LogP contribution >= 0.6 is 11.3 Å². The zero-order chi connectivity index (χ0) is 16.4. The Kier molecular flexibility index (Phi) is 4.56. The number of hydrogen-bond donors (Lipinski definition) is 1. The molecule has 0 aromatic carbocycles. The van der Waals surface area contributed by atoms with Crippen LogP contribution in [0.15, 0.2) is 16.5 Å². The van der Waals surface area contributed by atoms with Crippen LogP contribution in [0.1, 0.15) is 48.3 Å². The number of carbonyl (C=O) groups is 1. The molecule has 2 aromatic rings. The van der Waals surface area contributed by atoms with E-state index in [1.807, 2.05) is 19.1 Å². The van der Waals surface area contributed by atoms with E-state index in [-0.39, 0.29) is 17.2 Å². The first-order valence-corrected chi connectivity index (χ1v) is 8.12. The minimum atomic E-state index is -2.69. The van der Waals surface area contributed by atoms with Gasteiger partial charge in [-0.3, -0.25) is 5.32 Å². The summed E-state index contributed by atoms with van der Waals surface area (Å²) < 4.78 is 30.7. The lowest BCUT2D eigenvalue weighted by molar-refractivity contribution is 0.150. The average molecular weight is 342 g/mol. The van der Waals surface area contributed by atoms with Crippen LogP contribution < -0.4 is 5.32 Å². The molecule has 0 bridgehead atoms. The summed E-state index contributed by atoms with van der Waals surface area (Å²) in [6.07, 6.45) is 0.00976. The zero-order valence-electron chi connectivity index (χ0n) is 12.5. The molecule has 1 aliphatic heterocycles. The first-order valence-electron chi connectivity index (χ1n) is 7.30. The van der Waals surface area contributed by atoms with Crippen LogP contribution in [0.4, 0.5) is 18.7 Å². The fourth-order valence-electron chi connectivity index (χ4n) is 2.64. The number of hydrogen-bond acceptors (Lipinski definition) is 5. The third-order valence-electron chi connectivity index (χ3n) is 3.69. The molecule has 23 heavy (non-hydrogen) atoms. The predicted molar refractivity (Wildman–Crippen MR) is 80.6 cm³/mol. The molecule has 2 amide bonds. The van der Waals surface area contributed by atoms with Crippen molar-refractivity contribution in [2.24, 2.45) is 0 Å². The number of urea groups is 1. The number of anilines is 1. The first-order chi connectivity index (χ1) is 11.0. The van der Waals surface area contributed by atoms with Gasteiger partial charge in [-0.25, -0.2) is 13.6 Å². The molecule has 9 heteroatoms. The van der Waals surface area contributed by atoms with E-state index in [1.165, 1.54) is 0 Å². The molecule has 2 aromatic heterocycles. The van der Waals surface area contributed by atoms with E-state index in [0.717, 1.165) is 30.8 Å². The average Bonchev–Trinajstić information content (AvgIpc) is 3.16. The van der Waals surface area contributed by atoms with Crippen molar-refractivity contribution in [2.45, 2.75) is 38.7 Å². The molecule has 0 unspecified atom stereocenters. The van der Waals surface area contributed by atoms with Gasteiger partial charge in [-0.1, -0.05) is 11.3 Å². The van der Waals surface area contributed by atoms with Crippen LogP contribution in [-0.2, 0) is 0 Å². The largest absolute Gasteiger partial charge is 0.464 e. The lowest BCUT2D eigenvalue weighted by Crippen LogP contribution is -2.41. The van der Waals surface area contributed by atoms with E-state index in [9.17, 15) is 13.6 Å². The summed E-state index contributed by atoms with van der Waals surface area (Å²) in [6.45, 7) is 2.43. The molecule has 0 spiro atoms. The van der Waals surface area contributed by atoms with Crippen molar-refractivity contribution in [1.29, 1.82) is 0 Å². The number of aromatic nitrogens is 2. The third-order valence-corrected chi connectivity index (χ3v) is 4.54. The Morgan fingerprint density at radius 2 is 2.26 bits per heavy atom. The van der Waals surface area contributed by atoms with Gasteiger partial charge in [-0.15, -0.1) is 10.2 Å². The Bertz CT molecular complexity index is 688. The van der Waals surface area contributed by atoms with Crippen molar-refractivity contribution in [3.05, 3.63) is 28.7 Å². The summed E-state index contributed by atoms with van der Waals surface area (Å²) >= 11 is 0.680. The maximum atomic E-state index is 12.5. The van der Waals surface area contributed by atoms with E-state index in [2.05, 4.69) is 15.5 Å². The maximum Gasteiger partial charge on any atom is 0.324 e. The van der Waals surface area contributed by atoms with Crippen LogP contribution in [0.2, 0.25) is 0 Å². The van der Waals surface area contributed by atoms with Crippen LogP contribution in [0.5, 0.6) is 0 Å². The van der Waals surface area contributed by atoms with E-state index in [4.69, 9.17) is 4.42 Å². The van der Waals surface area contributed by atoms with Crippen LogP contribution in [0.25, 0.3) is 0 Å². The number of nitrogens with one attached hydrogen (secondary N) is 1. The second-order valence-electron chi connectivity index (χ2n) is 5.33. The fourth-order valence-corrected chi connectivity index (χ4v) is 3.23. The number of aryl methyl sites for hydroxylation is 1. The quantitative estimate of drug-likeness (QED) is 0.910. The number of alkyl halides is 2. The molecule has 124 valence electrons. The highest BCUT2D eigenvalue weighted by Gasteiger charge is 2.30. The van der Waals surface area contributed by atoms with Crippen molar-refractivity contribution in [1.82, 2.24) is 15.1 Å².